The molecule has 2 aromatic rings. The van der Waals surface area contributed by atoms with Crippen LogP contribution in [0.3, 0.4) is 0 Å². The van der Waals surface area contributed by atoms with Gasteiger partial charge in [0.2, 0.25) is 0 Å². The zero-order valence-electron chi connectivity index (χ0n) is 10.3. The molecule has 18 heavy (non-hydrogen) atoms. The minimum Gasteiger partial charge on any atom is -0.370 e. The van der Waals surface area contributed by atoms with Gasteiger partial charge in [-0.15, -0.1) is 0 Å². The summed E-state index contributed by atoms with van der Waals surface area (Å²) >= 11 is 1.51. The molecule has 0 aliphatic carbocycles. The molecule has 2 heterocycles. The van der Waals surface area contributed by atoms with Gasteiger partial charge in [-0.05, 0) is 13.2 Å². The van der Waals surface area contributed by atoms with E-state index in [0.29, 0.717) is 6.54 Å². The van der Waals surface area contributed by atoms with Crippen LogP contribution in [0.2, 0.25) is 0 Å². The van der Waals surface area contributed by atoms with Gasteiger partial charge in [-0.3, -0.25) is 0 Å². The van der Waals surface area contributed by atoms with Crippen LogP contribution in [0.25, 0.3) is 0 Å². The van der Waals surface area contributed by atoms with Crippen molar-refractivity contribution in [3.05, 3.63) is 24.1 Å². The minimum absolute atomic E-state index is 0.552. The highest BCUT2D eigenvalue weighted by Gasteiger charge is 2.04. The summed E-state index contributed by atoms with van der Waals surface area (Å²) in [4.78, 5) is 8.72. The van der Waals surface area contributed by atoms with E-state index in [4.69, 9.17) is 4.52 Å². The largest absolute Gasteiger partial charge is 0.370 e. The summed E-state index contributed by atoms with van der Waals surface area (Å²) in [6, 6.07) is 3.69. The number of hydrogen-bond donors (Lipinski definition) is 2. The van der Waals surface area contributed by atoms with Gasteiger partial charge in [0.15, 0.2) is 10.9 Å². The summed E-state index contributed by atoms with van der Waals surface area (Å²) in [5.41, 5.74) is 0. The Hall–Kier alpha value is -1.76. The fraction of sp³-hybridized carbons (Fsp3) is 0.364. The van der Waals surface area contributed by atoms with E-state index in [0.717, 1.165) is 29.1 Å². The van der Waals surface area contributed by atoms with Crippen molar-refractivity contribution in [3.8, 4) is 0 Å². The summed E-state index contributed by atoms with van der Waals surface area (Å²) in [5.74, 6) is 2.35. The molecule has 2 N–H and O–H groups in total. The molecule has 2 aromatic heterocycles. The molecule has 0 aliphatic rings. The lowest BCUT2D eigenvalue weighted by atomic mass is 10.4. The van der Waals surface area contributed by atoms with E-state index >= 15 is 0 Å². The first-order valence-electron chi connectivity index (χ1n) is 5.62. The Balaban J connectivity index is 2.08. The summed E-state index contributed by atoms with van der Waals surface area (Å²) in [6.07, 6.45) is 3.57. The first-order valence-corrected chi connectivity index (χ1v) is 6.84. The van der Waals surface area contributed by atoms with Gasteiger partial charge in [0.05, 0.1) is 12.7 Å². The molecule has 0 unspecified atom stereocenters. The minimum atomic E-state index is 0.552. The molecule has 0 bridgehead atoms. The second kappa shape index (κ2) is 6.25. The van der Waals surface area contributed by atoms with E-state index in [1.807, 2.05) is 25.3 Å². The standard InChI is InChI=1S/C11H15N5OS/c1-3-12-9-6-10(16-11(15-9)18-2)13-7-8-4-5-14-17-8/h4-6H,3,7H2,1-2H3,(H2,12,13,15,16). The van der Waals surface area contributed by atoms with Crippen molar-refractivity contribution < 1.29 is 4.52 Å². The van der Waals surface area contributed by atoms with Crippen molar-refractivity contribution in [3.63, 3.8) is 0 Å². The van der Waals surface area contributed by atoms with Crippen LogP contribution in [0.15, 0.2) is 28.0 Å². The quantitative estimate of drug-likeness (QED) is 0.612. The van der Waals surface area contributed by atoms with Crippen LogP contribution in [0, 0.1) is 0 Å². The molecule has 96 valence electrons. The second-order valence-electron chi connectivity index (χ2n) is 3.49. The lowest BCUT2D eigenvalue weighted by Crippen LogP contribution is -2.05. The summed E-state index contributed by atoms with van der Waals surface area (Å²) in [7, 11) is 0. The Kier molecular flexibility index (Phi) is 4.40. The maximum Gasteiger partial charge on any atom is 0.191 e. The van der Waals surface area contributed by atoms with Gasteiger partial charge in [0, 0.05) is 18.7 Å². The first kappa shape index (κ1) is 12.7. The number of aromatic nitrogens is 3. The maximum atomic E-state index is 5.01. The molecule has 2 rings (SSSR count). The van der Waals surface area contributed by atoms with E-state index in [9.17, 15) is 0 Å². The molecule has 0 aliphatic heterocycles. The lowest BCUT2D eigenvalue weighted by molar-refractivity contribution is 0.388. The molecule has 0 spiro atoms. The van der Waals surface area contributed by atoms with Crippen LogP contribution in [0.5, 0.6) is 0 Å². The highest BCUT2D eigenvalue weighted by atomic mass is 32.2. The Labute approximate surface area is 110 Å². The van der Waals surface area contributed by atoms with Gasteiger partial charge in [-0.1, -0.05) is 16.9 Å². The molecule has 0 fully saturated rings. The van der Waals surface area contributed by atoms with Crippen LogP contribution >= 0.6 is 11.8 Å². The zero-order valence-corrected chi connectivity index (χ0v) is 11.1. The molecule has 0 saturated heterocycles. The summed E-state index contributed by atoms with van der Waals surface area (Å²) in [5, 5.41) is 10.7. The number of anilines is 2. The Morgan fingerprint density at radius 1 is 1.28 bits per heavy atom. The van der Waals surface area contributed by atoms with Gasteiger partial charge in [0.1, 0.15) is 11.6 Å². The van der Waals surface area contributed by atoms with Crippen molar-refractivity contribution in [2.24, 2.45) is 0 Å². The Bertz CT molecular complexity index is 488. The first-order chi connectivity index (χ1) is 8.81. The zero-order chi connectivity index (χ0) is 12.8. The van der Waals surface area contributed by atoms with Gasteiger partial charge in [-0.2, -0.15) is 0 Å². The number of thioether (sulfide) groups is 1. The third kappa shape index (κ3) is 3.36. The Morgan fingerprint density at radius 3 is 2.67 bits per heavy atom. The molecular formula is C11H15N5OS. The van der Waals surface area contributed by atoms with Crippen molar-refractivity contribution >= 4 is 23.4 Å². The molecule has 0 atom stereocenters. The Morgan fingerprint density at radius 2 is 2.06 bits per heavy atom. The molecule has 0 amide bonds. The fourth-order valence-electron chi connectivity index (χ4n) is 1.39. The molecule has 6 nitrogen and oxygen atoms in total. The highest BCUT2D eigenvalue weighted by Crippen LogP contribution is 2.17. The molecule has 7 heteroatoms. The molecular weight excluding hydrogens is 250 g/mol. The van der Waals surface area contributed by atoms with Crippen molar-refractivity contribution in [1.29, 1.82) is 0 Å². The van der Waals surface area contributed by atoms with Crippen LogP contribution in [-0.4, -0.2) is 27.9 Å². The molecule has 0 saturated carbocycles. The van der Waals surface area contributed by atoms with Gasteiger partial charge >= 0.3 is 0 Å². The van der Waals surface area contributed by atoms with Crippen LogP contribution < -0.4 is 10.6 Å². The second-order valence-corrected chi connectivity index (χ2v) is 4.26. The lowest BCUT2D eigenvalue weighted by Gasteiger charge is -2.08. The van der Waals surface area contributed by atoms with Crippen molar-refractivity contribution in [2.75, 3.05) is 23.4 Å². The third-order valence-corrected chi connectivity index (χ3v) is 2.73. The number of nitrogens with zero attached hydrogens (tertiary/aromatic N) is 3. The smallest absolute Gasteiger partial charge is 0.191 e. The highest BCUT2D eigenvalue weighted by molar-refractivity contribution is 7.98. The SMILES string of the molecule is CCNc1cc(NCc2ccno2)nc(SC)n1. The van der Waals surface area contributed by atoms with Crippen LogP contribution in [0.4, 0.5) is 11.6 Å². The van der Waals surface area contributed by atoms with Crippen LogP contribution in [-0.2, 0) is 6.54 Å². The molecule has 0 radical (unpaired) electrons. The topological polar surface area (TPSA) is 75.9 Å². The van der Waals surface area contributed by atoms with Crippen molar-refractivity contribution in [1.82, 2.24) is 15.1 Å². The van der Waals surface area contributed by atoms with Crippen LogP contribution in [0.1, 0.15) is 12.7 Å². The monoisotopic (exact) mass is 265 g/mol. The predicted molar refractivity (Wildman–Crippen MR) is 71.8 cm³/mol. The van der Waals surface area contributed by atoms with Gasteiger partial charge < -0.3 is 15.2 Å². The maximum absolute atomic E-state index is 5.01. The van der Waals surface area contributed by atoms with Gasteiger partial charge in [0.25, 0.3) is 0 Å². The van der Waals surface area contributed by atoms with Gasteiger partial charge in [-0.25, -0.2) is 9.97 Å². The average Bonchev–Trinajstić information content (AvgIpc) is 2.89. The molecule has 0 aromatic carbocycles. The number of rotatable bonds is 6. The summed E-state index contributed by atoms with van der Waals surface area (Å²) < 4.78 is 5.01. The normalized spacial score (nSPS) is 10.3. The fourth-order valence-corrected chi connectivity index (χ4v) is 1.77. The van der Waals surface area contributed by atoms with E-state index in [1.165, 1.54) is 11.8 Å². The van der Waals surface area contributed by atoms with E-state index in [-0.39, 0.29) is 0 Å². The predicted octanol–water partition coefficient (Wildman–Crippen LogP) is 2.23. The number of hydrogen-bond acceptors (Lipinski definition) is 7. The van der Waals surface area contributed by atoms with Crippen molar-refractivity contribution in [2.45, 2.75) is 18.6 Å². The van der Waals surface area contributed by atoms with E-state index < -0.39 is 0 Å². The van der Waals surface area contributed by atoms with E-state index in [1.54, 1.807) is 6.20 Å². The van der Waals surface area contributed by atoms with E-state index in [2.05, 4.69) is 25.8 Å². The summed E-state index contributed by atoms with van der Waals surface area (Å²) in [6.45, 7) is 3.41. The third-order valence-electron chi connectivity index (χ3n) is 2.18. The number of nitrogens with one attached hydrogen (secondary N) is 2. The average molecular weight is 265 g/mol.